The molecule has 1 aliphatic carbocycles. The third-order valence-electron chi connectivity index (χ3n) is 3.56. The summed E-state index contributed by atoms with van der Waals surface area (Å²) in [5.41, 5.74) is 5.16. The molecule has 0 aliphatic heterocycles. The standard InChI is InChI=1S/C14H18O/c1-9-7-11(3)13(8-10(9)2)12-5-4-6-14(12)15/h7-8,12H,4-6H2,1-3H3. The molecule has 15 heavy (non-hydrogen) atoms. The summed E-state index contributed by atoms with van der Waals surface area (Å²) in [6, 6.07) is 4.41. The molecule has 0 radical (unpaired) electrons. The maximum Gasteiger partial charge on any atom is 0.140 e. The molecule has 0 heterocycles. The highest BCUT2D eigenvalue weighted by Crippen LogP contribution is 2.34. The second-order valence-corrected chi connectivity index (χ2v) is 4.70. The van der Waals surface area contributed by atoms with E-state index in [0.717, 1.165) is 19.3 Å². The molecule has 1 aromatic rings. The van der Waals surface area contributed by atoms with E-state index >= 15 is 0 Å². The van der Waals surface area contributed by atoms with Crippen molar-refractivity contribution in [2.24, 2.45) is 0 Å². The molecule has 1 fully saturated rings. The van der Waals surface area contributed by atoms with E-state index in [4.69, 9.17) is 0 Å². The molecule has 1 unspecified atom stereocenters. The molecule has 1 heteroatoms. The summed E-state index contributed by atoms with van der Waals surface area (Å²) in [7, 11) is 0. The van der Waals surface area contributed by atoms with Crippen LogP contribution in [0.15, 0.2) is 12.1 Å². The lowest BCUT2D eigenvalue weighted by atomic mass is 9.90. The van der Waals surface area contributed by atoms with Gasteiger partial charge in [-0.2, -0.15) is 0 Å². The molecule has 0 saturated heterocycles. The summed E-state index contributed by atoms with van der Waals surface area (Å²) < 4.78 is 0. The number of benzene rings is 1. The Hall–Kier alpha value is -1.11. The van der Waals surface area contributed by atoms with Gasteiger partial charge in [-0.15, -0.1) is 0 Å². The van der Waals surface area contributed by atoms with Gasteiger partial charge in [0.05, 0.1) is 0 Å². The van der Waals surface area contributed by atoms with E-state index in [0.29, 0.717) is 5.78 Å². The van der Waals surface area contributed by atoms with Gasteiger partial charge in [0.15, 0.2) is 0 Å². The van der Waals surface area contributed by atoms with Crippen molar-refractivity contribution in [1.29, 1.82) is 0 Å². The lowest BCUT2D eigenvalue weighted by Crippen LogP contribution is -2.06. The van der Waals surface area contributed by atoms with Gasteiger partial charge in [0.2, 0.25) is 0 Å². The first kappa shape index (κ1) is 10.4. The molecule has 1 saturated carbocycles. The van der Waals surface area contributed by atoms with Gasteiger partial charge >= 0.3 is 0 Å². The average molecular weight is 202 g/mol. The molecule has 1 aliphatic rings. The Morgan fingerprint density at radius 3 is 2.33 bits per heavy atom. The minimum absolute atomic E-state index is 0.185. The minimum atomic E-state index is 0.185. The Morgan fingerprint density at radius 1 is 1.07 bits per heavy atom. The van der Waals surface area contributed by atoms with Gasteiger partial charge in [-0.25, -0.2) is 0 Å². The molecule has 0 bridgehead atoms. The van der Waals surface area contributed by atoms with Gasteiger partial charge in [-0.1, -0.05) is 12.1 Å². The largest absolute Gasteiger partial charge is 0.299 e. The summed E-state index contributed by atoms with van der Waals surface area (Å²) in [5.74, 6) is 0.616. The third kappa shape index (κ3) is 1.83. The second-order valence-electron chi connectivity index (χ2n) is 4.70. The number of carbonyl (C=O) groups excluding carboxylic acids is 1. The van der Waals surface area contributed by atoms with Crippen molar-refractivity contribution >= 4 is 5.78 Å². The van der Waals surface area contributed by atoms with E-state index in [9.17, 15) is 4.79 Å². The molecule has 1 aromatic carbocycles. The van der Waals surface area contributed by atoms with E-state index in [2.05, 4.69) is 32.9 Å². The van der Waals surface area contributed by atoms with Crippen LogP contribution in [-0.4, -0.2) is 5.78 Å². The summed E-state index contributed by atoms with van der Waals surface area (Å²) >= 11 is 0. The summed E-state index contributed by atoms with van der Waals surface area (Å²) in [6.45, 7) is 6.37. The molecule has 0 aromatic heterocycles. The predicted molar refractivity (Wildman–Crippen MR) is 62.3 cm³/mol. The van der Waals surface area contributed by atoms with Crippen LogP contribution < -0.4 is 0 Å². The van der Waals surface area contributed by atoms with Gasteiger partial charge in [0, 0.05) is 12.3 Å². The fourth-order valence-corrected chi connectivity index (χ4v) is 2.50. The summed E-state index contributed by atoms with van der Waals surface area (Å²) in [6.07, 6.45) is 2.88. The fraction of sp³-hybridized carbons (Fsp3) is 0.500. The Balaban J connectivity index is 2.43. The predicted octanol–water partition coefficient (Wildman–Crippen LogP) is 3.45. The highest BCUT2D eigenvalue weighted by Gasteiger charge is 2.27. The molecule has 0 N–H and O–H groups in total. The van der Waals surface area contributed by atoms with E-state index in [-0.39, 0.29) is 5.92 Å². The van der Waals surface area contributed by atoms with Gasteiger partial charge in [-0.05, 0) is 55.9 Å². The number of carbonyl (C=O) groups is 1. The Bertz CT molecular complexity index is 404. The van der Waals surface area contributed by atoms with Gasteiger partial charge in [0.25, 0.3) is 0 Å². The molecular weight excluding hydrogens is 184 g/mol. The van der Waals surface area contributed by atoms with Crippen molar-refractivity contribution in [2.75, 3.05) is 0 Å². The SMILES string of the molecule is Cc1cc(C)c(C2CCCC2=O)cc1C. The van der Waals surface area contributed by atoms with Crippen LogP contribution >= 0.6 is 0 Å². The van der Waals surface area contributed by atoms with Crippen molar-refractivity contribution in [3.8, 4) is 0 Å². The normalized spacial score (nSPS) is 21.0. The van der Waals surface area contributed by atoms with E-state index in [1.54, 1.807) is 0 Å². The maximum atomic E-state index is 11.7. The topological polar surface area (TPSA) is 17.1 Å². The molecular formula is C14H18O. The first-order valence-corrected chi connectivity index (χ1v) is 5.70. The van der Waals surface area contributed by atoms with Crippen LogP contribution in [0.25, 0.3) is 0 Å². The first-order valence-electron chi connectivity index (χ1n) is 5.70. The number of Topliss-reactive ketones (excluding diaryl/α,β-unsaturated/α-hetero) is 1. The minimum Gasteiger partial charge on any atom is -0.299 e. The molecule has 2 rings (SSSR count). The average Bonchev–Trinajstić information content (AvgIpc) is 2.58. The number of ketones is 1. The van der Waals surface area contributed by atoms with Crippen LogP contribution in [0, 0.1) is 20.8 Å². The maximum absolute atomic E-state index is 11.7. The first-order chi connectivity index (χ1) is 7.09. The Labute approximate surface area is 91.5 Å². The zero-order valence-electron chi connectivity index (χ0n) is 9.76. The number of hydrogen-bond acceptors (Lipinski definition) is 1. The third-order valence-corrected chi connectivity index (χ3v) is 3.56. The van der Waals surface area contributed by atoms with Gasteiger partial charge in [0.1, 0.15) is 5.78 Å². The molecule has 1 atom stereocenters. The highest BCUT2D eigenvalue weighted by atomic mass is 16.1. The number of aryl methyl sites for hydroxylation is 3. The van der Waals surface area contributed by atoms with Crippen molar-refractivity contribution in [1.82, 2.24) is 0 Å². The van der Waals surface area contributed by atoms with E-state index in [1.807, 2.05) is 0 Å². The van der Waals surface area contributed by atoms with Crippen LogP contribution in [0.1, 0.15) is 47.4 Å². The van der Waals surface area contributed by atoms with Crippen LogP contribution in [0.2, 0.25) is 0 Å². The lowest BCUT2D eigenvalue weighted by Gasteiger charge is -2.14. The van der Waals surface area contributed by atoms with Crippen molar-refractivity contribution < 1.29 is 4.79 Å². The van der Waals surface area contributed by atoms with E-state index in [1.165, 1.54) is 22.3 Å². The molecule has 1 nitrogen and oxygen atoms in total. The van der Waals surface area contributed by atoms with Crippen molar-refractivity contribution in [3.05, 3.63) is 34.4 Å². The fourth-order valence-electron chi connectivity index (χ4n) is 2.50. The zero-order chi connectivity index (χ0) is 11.0. The number of rotatable bonds is 1. The van der Waals surface area contributed by atoms with Crippen LogP contribution in [0.5, 0.6) is 0 Å². The van der Waals surface area contributed by atoms with Gasteiger partial charge in [-0.3, -0.25) is 4.79 Å². The smallest absolute Gasteiger partial charge is 0.140 e. The Morgan fingerprint density at radius 2 is 1.73 bits per heavy atom. The molecule has 80 valence electrons. The zero-order valence-corrected chi connectivity index (χ0v) is 9.76. The van der Waals surface area contributed by atoms with Gasteiger partial charge < -0.3 is 0 Å². The Kier molecular flexibility index (Phi) is 2.64. The van der Waals surface area contributed by atoms with Crippen molar-refractivity contribution in [3.63, 3.8) is 0 Å². The quantitative estimate of drug-likeness (QED) is 0.681. The molecule has 0 spiro atoms. The van der Waals surface area contributed by atoms with Crippen LogP contribution in [0.3, 0.4) is 0 Å². The monoisotopic (exact) mass is 202 g/mol. The van der Waals surface area contributed by atoms with Crippen molar-refractivity contribution in [2.45, 2.75) is 46.0 Å². The van der Waals surface area contributed by atoms with Crippen LogP contribution in [-0.2, 0) is 4.79 Å². The number of hydrogen-bond donors (Lipinski definition) is 0. The summed E-state index contributed by atoms with van der Waals surface area (Å²) in [5, 5.41) is 0. The molecule has 0 amide bonds. The highest BCUT2D eigenvalue weighted by molar-refractivity contribution is 5.88. The van der Waals surface area contributed by atoms with E-state index < -0.39 is 0 Å². The lowest BCUT2D eigenvalue weighted by molar-refractivity contribution is -0.118. The van der Waals surface area contributed by atoms with Crippen LogP contribution in [0.4, 0.5) is 0 Å². The summed E-state index contributed by atoms with van der Waals surface area (Å²) in [4.78, 5) is 11.7. The second kappa shape index (κ2) is 3.80.